The largest absolute Gasteiger partial charge is 0.493 e. The molecule has 5 aromatic rings. The molecule has 0 amide bonds. The highest BCUT2D eigenvalue weighted by atomic mass is 19.2. The molecule has 5 rings (SSSR count). The fourth-order valence-electron chi connectivity index (χ4n) is 3.90. The maximum atomic E-state index is 14.4. The number of hydrogen-bond donors (Lipinski definition) is 1. The van der Waals surface area contributed by atoms with Gasteiger partial charge in [0, 0.05) is 18.2 Å². The second-order valence-corrected chi connectivity index (χ2v) is 8.03. The van der Waals surface area contributed by atoms with Crippen LogP contribution in [0.3, 0.4) is 0 Å². The van der Waals surface area contributed by atoms with Gasteiger partial charge < -0.3 is 9.52 Å². The molecule has 3 heterocycles. The first-order chi connectivity index (χ1) is 15.9. The third-order valence-corrected chi connectivity index (χ3v) is 5.74. The van der Waals surface area contributed by atoms with Gasteiger partial charge in [-0.2, -0.15) is 0 Å². The van der Waals surface area contributed by atoms with Crippen LogP contribution in [0, 0.1) is 25.5 Å². The third-order valence-electron chi connectivity index (χ3n) is 5.74. The van der Waals surface area contributed by atoms with Crippen LogP contribution in [-0.2, 0) is 12.8 Å². The summed E-state index contributed by atoms with van der Waals surface area (Å²) in [6, 6.07) is 15.4. The van der Waals surface area contributed by atoms with E-state index in [0.717, 1.165) is 23.0 Å². The molecule has 3 aromatic heterocycles. The Balaban J connectivity index is 1.66. The zero-order valence-electron chi connectivity index (χ0n) is 18.1. The monoisotopic (exact) mass is 445 g/mol. The van der Waals surface area contributed by atoms with Crippen molar-refractivity contribution >= 4 is 5.65 Å². The van der Waals surface area contributed by atoms with E-state index in [0.29, 0.717) is 28.5 Å². The minimum atomic E-state index is -0.918. The van der Waals surface area contributed by atoms with E-state index < -0.39 is 11.6 Å². The molecule has 0 unspecified atom stereocenters. The van der Waals surface area contributed by atoms with Gasteiger partial charge in [-0.3, -0.25) is 4.40 Å². The lowest BCUT2D eigenvalue weighted by atomic mass is 10.1. The number of aromatic nitrogens is 3. The standard InChI is InChI=1S/C26H21F2N3O2/c1-15-11-19(33-16(15)2)13-22-26(32)31-14-23(17-7-4-3-5-8-17)29-21(25(31)30-22)12-18-9-6-10-20(27)24(18)28/h3-11,14,32H,12-13H2,1-2H3. The van der Waals surface area contributed by atoms with E-state index in [1.54, 1.807) is 10.6 Å². The molecule has 0 saturated heterocycles. The van der Waals surface area contributed by atoms with Crippen molar-refractivity contribution in [3.63, 3.8) is 0 Å². The minimum absolute atomic E-state index is 0.0165. The number of hydrogen-bond acceptors (Lipinski definition) is 4. The van der Waals surface area contributed by atoms with Gasteiger partial charge in [-0.25, -0.2) is 18.7 Å². The van der Waals surface area contributed by atoms with Gasteiger partial charge in [0.1, 0.15) is 17.2 Å². The van der Waals surface area contributed by atoms with Crippen LogP contribution in [0.4, 0.5) is 8.78 Å². The molecule has 0 aliphatic heterocycles. The molecule has 0 spiro atoms. The third kappa shape index (κ3) is 3.86. The molecule has 2 aromatic carbocycles. The molecular formula is C26H21F2N3O2. The maximum absolute atomic E-state index is 14.4. The Morgan fingerprint density at radius 3 is 2.45 bits per heavy atom. The van der Waals surface area contributed by atoms with Gasteiger partial charge in [-0.05, 0) is 37.1 Å². The Morgan fingerprint density at radius 1 is 0.939 bits per heavy atom. The summed E-state index contributed by atoms with van der Waals surface area (Å²) in [5, 5.41) is 11.0. The van der Waals surface area contributed by atoms with Crippen molar-refractivity contribution < 1.29 is 18.3 Å². The molecule has 0 aliphatic carbocycles. The van der Waals surface area contributed by atoms with Crippen molar-refractivity contribution in [1.29, 1.82) is 0 Å². The van der Waals surface area contributed by atoms with Gasteiger partial charge in [-0.15, -0.1) is 0 Å². The first-order valence-corrected chi connectivity index (χ1v) is 10.5. The Kier molecular flexibility index (Phi) is 5.17. The number of fused-ring (bicyclic) bond motifs is 1. The van der Waals surface area contributed by atoms with E-state index in [4.69, 9.17) is 9.40 Å². The smallest absolute Gasteiger partial charge is 0.219 e. The predicted octanol–water partition coefficient (Wildman–Crippen LogP) is 5.77. The molecule has 0 fully saturated rings. The van der Waals surface area contributed by atoms with E-state index in [2.05, 4.69) is 4.98 Å². The summed E-state index contributed by atoms with van der Waals surface area (Å²) >= 11 is 0. The summed E-state index contributed by atoms with van der Waals surface area (Å²) in [4.78, 5) is 9.31. The molecule has 5 nitrogen and oxygen atoms in total. The quantitative estimate of drug-likeness (QED) is 0.373. The fourth-order valence-corrected chi connectivity index (χ4v) is 3.90. The summed E-state index contributed by atoms with van der Waals surface area (Å²) in [5.74, 6) is -0.392. The van der Waals surface area contributed by atoms with E-state index in [1.807, 2.05) is 50.2 Å². The van der Waals surface area contributed by atoms with Gasteiger partial charge in [0.15, 0.2) is 17.3 Å². The zero-order chi connectivity index (χ0) is 23.1. The van der Waals surface area contributed by atoms with Crippen LogP contribution in [0.1, 0.15) is 34.0 Å². The molecule has 33 heavy (non-hydrogen) atoms. The lowest BCUT2D eigenvalue weighted by Gasteiger charge is -2.09. The molecule has 7 heteroatoms. The van der Waals surface area contributed by atoms with Gasteiger partial charge in [0.2, 0.25) is 5.88 Å². The van der Waals surface area contributed by atoms with Crippen molar-refractivity contribution in [2.75, 3.05) is 0 Å². The van der Waals surface area contributed by atoms with Crippen molar-refractivity contribution in [3.05, 3.63) is 106 Å². The normalized spacial score (nSPS) is 11.4. The highest BCUT2D eigenvalue weighted by Crippen LogP contribution is 2.29. The Hall–Kier alpha value is -4.00. The highest BCUT2D eigenvalue weighted by Gasteiger charge is 2.20. The molecule has 166 valence electrons. The molecule has 0 radical (unpaired) electrons. The summed E-state index contributed by atoms with van der Waals surface area (Å²) in [7, 11) is 0. The van der Waals surface area contributed by atoms with Gasteiger partial charge in [0.05, 0.1) is 17.8 Å². The molecular weight excluding hydrogens is 424 g/mol. The number of halogens is 2. The van der Waals surface area contributed by atoms with Crippen molar-refractivity contribution in [2.45, 2.75) is 26.7 Å². The van der Waals surface area contributed by atoms with Crippen LogP contribution in [0.25, 0.3) is 16.9 Å². The van der Waals surface area contributed by atoms with E-state index in [-0.39, 0.29) is 24.3 Å². The van der Waals surface area contributed by atoms with Gasteiger partial charge in [0.25, 0.3) is 0 Å². The van der Waals surface area contributed by atoms with Crippen LogP contribution in [-0.4, -0.2) is 19.5 Å². The van der Waals surface area contributed by atoms with Crippen LogP contribution in [0.5, 0.6) is 5.88 Å². The summed E-state index contributed by atoms with van der Waals surface area (Å²) in [6.45, 7) is 3.83. The van der Waals surface area contributed by atoms with Gasteiger partial charge >= 0.3 is 0 Å². The number of aromatic hydroxyl groups is 1. The van der Waals surface area contributed by atoms with Crippen LogP contribution < -0.4 is 0 Å². The molecule has 0 aliphatic rings. The number of benzene rings is 2. The number of rotatable bonds is 5. The lowest BCUT2D eigenvalue weighted by Crippen LogP contribution is -2.03. The minimum Gasteiger partial charge on any atom is -0.493 e. The summed E-state index contributed by atoms with van der Waals surface area (Å²) in [5.41, 5.74) is 3.81. The number of furan rings is 1. The fraction of sp³-hybridized carbons (Fsp3) is 0.154. The predicted molar refractivity (Wildman–Crippen MR) is 120 cm³/mol. The van der Waals surface area contributed by atoms with Crippen LogP contribution in [0.2, 0.25) is 0 Å². The second kappa shape index (κ2) is 8.16. The number of nitrogens with zero attached hydrogens (tertiary/aromatic N) is 3. The molecule has 1 N–H and O–H groups in total. The first-order valence-electron chi connectivity index (χ1n) is 10.5. The highest BCUT2D eigenvalue weighted by molar-refractivity contribution is 5.63. The van der Waals surface area contributed by atoms with Crippen LogP contribution >= 0.6 is 0 Å². The van der Waals surface area contributed by atoms with Crippen molar-refractivity contribution in [3.8, 4) is 17.1 Å². The Bertz CT molecular complexity index is 1450. The summed E-state index contributed by atoms with van der Waals surface area (Å²) < 4.78 is 35.5. The molecule has 0 bridgehead atoms. The first kappa shape index (κ1) is 20.9. The Morgan fingerprint density at radius 2 is 1.73 bits per heavy atom. The maximum Gasteiger partial charge on any atom is 0.219 e. The van der Waals surface area contributed by atoms with E-state index >= 15 is 0 Å². The lowest BCUT2D eigenvalue weighted by molar-refractivity contribution is 0.436. The average molecular weight is 445 g/mol. The molecule has 0 atom stereocenters. The Labute approximate surface area is 189 Å². The number of imidazole rings is 1. The molecule has 0 saturated carbocycles. The second-order valence-electron chi connectivity index (χ2n) is 8.03. The van der Waals surface area contributed by atoms with E-state index in [1.165, 1.54) is 12.1 Å². The van der Waals surface area contributed by atoms with E-state index in [9.17, 15) is 13.9 Å². The van der Waals surface area contributed by atoms with Crippen molar-refractivity contribution in [1.82, 2.24) is 14.4 Å². The van der Waals surface area contributed by atoms with Crippen LogP contribution in [0.15, 0.2) is 65.2 Å². The van der Waals surface area contributed by atoms with Crippen molar-refractivity contribution in [2.24, 2.45) is 0 Å². The summed E-state index contributed by atoms with van der Waals surface area (Å²) in [6.07, 6.45) is 2.00. The topological polar surface area (TPSA) is 63.6 Å². The zero-order valence-corrected chi connectivity index (χ0v) is 18.1. The average Bonchev–Trinajstić information content (AvgIpc) is 3.30. The number of aryl methyl sites for hydroxylation is 2. The van der Waals surface area contributed by atoms with Gasteiger partial charge in [-0.1, -0.05) is 42.5 Å². The SMILES string of the molecule is Cc1cc(Cc2nc3c(Cc4cccc(F)c4F)nc(-c4ccccc4)cn3c2O)oc1C.